The van der Waals surface area contributed by atoms with Gasteiger partial charge in [0.15, 0.2) is 11.5 Å². The number of nitrogens with zero attached hydrogens (tertiary/aromatic N) is 2. The van der Waals surface area contributed by atoms with Gasteiger partial charge in [-0.1, -0.05) is 24.3 Å². The van der Waals surface area contributed by atoms with Crippen molar-refractivity contribution in [2.45, 2.75) is 12.0 Å². The van der Waals surface area contributed by atoms with Crippen LogP contribution in [0.4, 0.5) is 5.69 Å². The van der Waals surface area contributed by atoms with Gasteiger partial charge in [0.2, 0.25) is 5.91 Å². The van der Waals surface area contributed by atoms with Crippen molar-refractivity contribution in [3.63, 3.8) is 0 Å². The van der Waals surface area contributed by atoms with Gasteiger partial charge in [-0.3, -0.25) is 14.6 Å². The van der Waals surface area contributed by atoms with E-state index in [4.69, 9.17) is 14.2 Å². The third-order valence-corrected chi connectivity index (χ3v) is 6.58. The quantitative estimate of drug-likeness (QED) is 0.357. The highest BCUT2D eigenvalue weighted by Crippen LogP contribution is 2.45. The molecule has 2 atom stereocenters. The molecule has 4 aromatic rings. The summed E-state index contributed by atoms with van der Waals surface area (Å²) < 4.78 is 16.8. The number of carbonyl (C=O) groups is 2. The van der Waals surface area contributed by atoms with E-state index in [1.54, 1.807) is 66.8 Å². The highest BCUT2D eigenvalue weighted by molar-refractivity contribution is 6.04. The minimum Gasteiger partial charge on any atom is -0.493 e. The Morgan fingerprint density at radius 3 is 2.24 bits per heavy atom. The van der Waals surface area contributed by atoms with E-state index >= 15 is 0 Å². The number of fused-ring (bicyclic) bond motifs is 1. The maximum atomic E-state index is 13.9. The zero-order valence-corrected chi connectivity index (χ0v) is 21.3. The number of nitrogens with one attached hydrogen (secondary N) is 1. The lowest BCUT2D eigenvalue weighted by molar-refractivity contribution is -0.119. The van der Waals surface area contributed by atoms with E-state index in [-0.39, 0.29) is 11.8 Å². The van der Waals surface area contributed by atoms with Crippen LogP contribution in [-0.2, 0) is 4.79 Å². The zero-order chi connectivity index (χ0) is 26.6. The number of amides is 2. The van der Waals surface area contributed by atoms with Gasteiger partial charge in [0.1, 0.15) is 11.5 Å². The van der Waals surface area contributed by atoms with Gasteiger partial charge in [-0.05, 0) is 65.7 Å². The topological polar surface area (TPSA) is 90.0 Å². The molecule has 8 nitrogen and oxygen atoms in total. The number of hydrogen-bond acceptors (Lipinski definition) is 6. The average molecular weight is 510 g/mol. The fraction of sp³-hybridized carbons (Fsp3) is 0.167. The van der Waals surface area contributed by atoms with Crippen LogP contribution in [0.3, 0.4) is 0 Å². The van der Waals surface area contributed by atoms with Crippen molar-refractivity contribution in [1.82, 2.24) is 9.88 Å². The number of aromatic nitrogens is 1. The molecule has 1 aliphatic heterocycles. The van der Waals surface area contributed by atoms with Crippen LogP contribution >= 0.6 is 0 Å². The van der Waals surface area contributed by atoms with Gasteiger partial charge in [0.05, 0.1) is 26.2 Å². The van der Waals surface area contributed by atoms with Gasteiger partial charge in [0, 0.05) is 30.7 Å². The summed E-state index contributed by atoms with van der Waals surface area (Å²) in [6, 6.07) is 23.0. The molecule has 0 spiro atoms. The molecule has 0 aliphatic carbocycles. The monoisotopic (exact) mass is 509 g/mol. The fourth-order valence-electron chi connectivity index (χ4n) is 4.75. The van der Waals surface area contributed by atoms with E-state index < -0.39 is 12.0 Å². The maximum absolute atomic E-state index is 13.9. The summed E-state index contributed by atoms with van der Waals surface area (Å²) in [5.74, 6) is 0.989. The summed E-state index contributed by atoms with van der Waals surface area (Å²) in [7, 11) is 4.72. The molecule has 8 heteroatoms. The molecule has 0 unspecified atom stereocenters. The van der Waals surface area contributed by atoms with Gasteiger partial charge in [-0.2, -0.15) is 0 Å². The first kappa shape index (κ1) is 24.8. The van der Waals surface area contributed by atoms with Crippen molar-refractivity contribution in [2.24, 2.45) is 0 Å². The Hall–Kier alpha value is -4.85. The lowest BCUT2D eigenvalue weighted by Gasteiger charge is -2.39. The van der Waals surface area contributed by atoms with Crippen molar-refractivity contribution >= 4 is 17.5 Å². The minimum absolute atomic E-state index is 0.221. The lowest BCUT2D eigenvalue weighted by atomic mass is 9.79. The SMILES string of the molecule is COc1cc2c(cc1OC)[C@H](C(=O)Nc1ccc(Oc3ccccc3)cc1)[C@H](c1cccnc1)N(C)C2=O. The summed E-state index contributed by atoms with van der Waals surface area (Å²) in [6.07, 6.45) is 3.33. The average Bonchev–Trinajstić information content (AvgIpc) is 2.96. The van der Waals surface area contributed by atoms with E-state index in [0.29, 0.717) is 34.1 Å². The first-order chi connectivity index (χ1) is 18.5. The smallest absolute Gasteiger partial charge is 0.254 e. The number of hydrogen-bond donors (Lipinski definition) is 1. The van der Waals surface area contributed by atoms with Crippen LogP contribution in [-0.4, -0.2) is 43.0 Å². The molecule has 2 amide bonds. The molecule has 0 saturated carbocycles. The van der Waals surface area contributed by atoms with E-state index in [9.17, 15) is 9.59 Å². The Morgan fingerprint density at radius 2 is 1.58 bits per heavy atom. The van der Waals surface area contributed by atoms with Crippen LogP contribution in [0.15, 0.2) is 91.3 Å². The molecule has 0 bridgehead atoms. The normalized spacial score (nSPS) is 16.4. The first-order valence-electron chi connectivity index (χ1n) is 12.1. The van der Waals surface area contributed by atoms with Crippen molar-refractivity contribution in [3.05, 3.63) is 108 Å². The number of rotatable bonds is 7. The minimum atomic E-state index is -0.739. The number of para-hydroxylation sites is 1. The predicted molar refractivity (Wildman–Crippen MR) is 143 cm³/mol. The molecule has 1 aliphatic rings. The molecule has 1 N–H and O–H groups in total. The Morgan fingerprint density at radius 1 is 0.895 bits per heavy atom. The molecular formula is C30H27N3O5. The second-order valence-corrected chi connectivity index (χ2v) is 8.85. The van der Waals surface area contributed by atoms with E-state index in [0.717, 1.165) is 11.3 Å². The van der Waals surface area contributed by atoms with Crippen molar-refractivity contribution in [3.8, 4) is 23.0 Å². The van der Waals surface area contributed by atoms with Crippen LogP contribution in [0.25, 0.3) is 0 Å². The highest BCUT2D eigenvalue weighted by Gasteiger charge is 2.43. The standard InChI is InChI=1S/C30H27N3O5/c1-33-28(19-8-7-15-31-18-19)27(23-16-25(36-2)26(37-3)17-24(23)30(33)35)29(34)32-20-11-13-22(14-12-20)38-21-9-5-4-6-10-21/h4-18,27-28H,1-3H3,(H,32,34)/t27-,28-/m0/s1. The number of benzene rings is 3. The molecule has 0 fully saturated rings. The third kappa shape index (κ3) is 4.76. The Kier molecular flexibility index (Phi) is 6.95. The van der Waals surface area contributed by atoms with Crippen molar-refractivity contribution in [2.75, 3.05) is 26.6 Å². The number of carbonyl (C=O) groups excluding carboxylic acids is 2. The predicted octanol–water partition coefficient (Wildman–Crippen LogP) is 5.44. The second-order valence-electron chi connectivity index (χ2n) is 8.85. The van der Waals surface area contributed by atoms with Crippen LogP contribution in [0, 0.1) is 0 Å². The second kappa shape index (κ2) is 10.6. The molecule has 38 heavy (non-hydrogen) atoms. The van der Waals surface area contributed by atoms with Gasteiger partial charge in [-0.25, -0.2) is 0 Å². The van der Waals surface area contributed by atoms with Crippen LogP contribution in [0.2, 0.25) is 0 Å². The maximum Gasteiger partial charge on any atom is 0.254 e. The molecule has 192 valence electrons. The van der Waals surface area contributed by atoms with E-state index in [1.165, 1.54) is 14.2 Å². The number of likely N-dealkylation sites (N-methyl/N-ethyl adjacent to an activating group) is 1. The molecule has 3 aromatic carbocycles. The molecular weight excluding hydrogens is 482 g/mol. The van der Waals surface area contributed by atoms with Gasteiger partial charge >= 0.3 is 0 Å². The Labute approximate surface area is 220 Å². The number of pyridine rings is 1. The first-order valence-corrected chi connectivity index (χ1v) is 12.1. The number of methoxy groups -OCH3 is 2. The third-order valence-electron chi connectivity index (χ3n) is 6.58. The molecule has 0 saturated heterocycles. The number of anilines is 1. The van der Waals surface area contributed by atoms with Crippen molar-refractivity contribution < 1.29 is 23.8 Å². The Bertz CT molecular complexity index is 1440. The zero-order valence-electron chi connectivity index (χ0n) is 21.3. The largest absolute Gasteiger partial charge is 0.493 e. The van der Waals surface area contributed by atoms with Gasteiger partial charge in [0.25, 0.3) is 5.91 Å². The van der Waals surface area contributed by atoms with Gasteiger partial charge < -0.3 is 24.4 Å². The fourth-order valence-corrected chi connectivity index (χ4v) is 4.75. The lowest BCUT2D eigenvalue weighted by Crippen LogP contribution is -2.44. The summed E-state index contributed by atoms with van der Waals surface area (Å²) >= 11 is 0. The summed E-state index contributed by atoms with van der Waals surface area (Å²) in [4.78, 5) is 33.2. The van der Waals surface area contributed by atoms with Gasteiger partial charge in [-0.15, -0.1) is 0 Å². The van der Waals surface area contributed by atoms with Crippen LogP contribution < -0.4 is 19.5 Å². The van der Waals surface area contributed by atoms with Crippen LogP contribution in [0.5, 0.6) is 23.0 Å². The highest BCUT2D eigenvalue weighted by atomic mass is 16.5. The molecule has 5 rings (SSSR count). The molecule has 1 aromatic heterocycles. The molecule has 2 heterocycles. The summed E-state index contributed by atoms with van der Waals surface area (Å²) in [5.41, 5.74) is 2.29. The Balaban J connectivity index is 1.50. The van der Waals surface area contributed by atoms with E-state index in [2.05, 4.69) is 10.3 Å². The summed E-state index contributed by atoms with van der Waals surface area (Å²) in [5, 5.41) is 3.02. The number of ether oxygens (including phenoxy) is 3. The van der Waals surface area contributed by atoms with Crippen LogP contribution in [0.1, 0.15) is 33.4 Å². The van der Waals surface area contributed by atoms with E-state index in [1.807, 2.05) is 36.4 Å². The molecule has 0 radical (unpaired) electrons. The van der Waals surface area contributed by atoms with Crippen molar-refractivity contribution in [1.29, 1.82) is 0 Å². The summed E-state index contributed by atoms with van der Waals surface area (Å²) in [6.45, 7) is 0.